The van der Waals surface area contributed by atoms with Crippen molar-refractivity contribution in [2.75, 3.05) is 12.3 Å². The maximum Gasteiger partial charge on any atom is 0.206 e. The number of fused-ring (bicyclic) bond motifs is 1. The van der Waals surface area contributed by atoms with Crippen LogP contribution in [0.25, 0.3) is 5.52 Å². The molecule has 0 bridgehead atoms. The molecule has 3 heterocycles. The predicted molar refractivity (Wildman–Crippen MR) is 68.7 cm³/mol. The van der Waals surface area contributed by atoms with E-state index in [-0.39, 0.29) is 5.82 Å². The summed E-state index contributed by atoms with van der Waals surface area (Å²) >= 11 is 0. The molecule has 0 spiro atoms. The number of nitrogen functional groups attached to an aromatic ring is 1. The van der Waals surface area contributed by atoms with Crippen LogP contribution in [0.2, 0.25) is 0 Å². The second kappa shape index (κ2) is 4.64. The third-order valence-corrected chi connectivity index (χ3v) is 3.56. The first-order chi connectivity index (χ1) is 10.4. The molecule has 0 aliphatic carbocycles. The number of hydrogen-bond acceptors (Lipinski definition) is 8. The van der Waals surface area contributed by atoms with Crippen molar-refractivity contribution >= 4 is 11.3 Å². The zero-order valence-electron chi connectivity index (χ0n) is 11.7. The van der Waals surface area contributed by atoms with Crippen LogP contribution in [0.15, 0.2) is 18.5 Å². The van der Waals surface area contributed by atoms with Crippen LogP contribution in [0.3, 0.4) is 0 Å². The zero-order valence-corrected chi connectivity index (χ0v) is 10.7. The molecular weight excluding hydrogens is 278 g/mol. The van der Waals surface area contributed by atoms with Crippen LogP contribution in [0.5, 0.6) is 0 Å². The highest BCUT2D eigenvalue weighted by Crippen LogP contribution is 2.40. The molecular formula is C12H13N5O4. The van der Waals surface area contributed by atoms with E-state index in [0.29, 0.717) is 11.2 Å². The summed E-state index contributed by atoms with van der Waals surface area (Å²) in [5.41, 5.74) is 4.24. The van der Waals surface area contributed by atoms with Crippen LogP contribution in [-0.2, 0) is 4.74 Å². The molecule has 0 aromatic carbocycles. The minimum atomic E-state index is -2.24. The van der Waals surface area contributed by atoms with Gasteiger partial charge in [-0.1, -0.05) is 0 Å². The molecule has 1 fully saturated rings. The number of nitrogens with zero attached hydrogens (tertiary/aromatic N) is 4. The van der Waals surface area contributed by atoms with Crippen molar-refractivity contribution in [1.29, 1.82) is 5.26 Å². The molecule has 1 unspecified atom stereocenters. The molecule has 9 nitrogen and oxygen atoms in total. The highest BCUT2D eigenvalue weighted by molar-refractivity contribution is 5.65. The molecule has 2 aromatic rings. The standard InChI is InChI=1S/C12H13N5O4/c13-3-12(4-18)10(20)8(19)9(21-12)6-1-2-7-11(14)15-5-16-17(6)7/h1-2,5,8-10,18-20H,4H2,(H2,14,15,16)/t8-,9-,10-,12+/m0/s1/i4D/t4?,8-,9-,10-,12+. The van der Waals surface area contributed by atoms with Crippen LogP contribution in [0.1, 0.15) is 13.2 Å². The molecule has 5 atom stereocenters. The first-order valence-corrected chi connectivity index (χ1v) is 6.06. The molecule has 2 aromatic heterocycles. The summed E-state index contributed by atoms with van der Waals surface area (Å²) in [6.07, 6.45) is -3.22. The summed E-state index contributed by atoms with van der Waals surface area (Å²) < 4.78 is 14.1. The van der Waals surface area contributed by atoms with Crippen molar-refractivity contribution in [3.05, 3.63) is 24.2 Å². The average Bonchev–Trinajstić information content (AvgIpc) is 3.02. The third-order valence-electron chi connectivity index (χ3n) is 3.56. The van der Waals surface area contributed by atoms with E-state index in [1.165, 1.54) is 10.8 Å². The Kier molecular flexibility index (Phi) is 2.76. The first-order valence-electron chi connectivity index (χ1n) is 6.63. The van der Waals surface area contributed by atoms with E-state index in [2.05, 4.69) is 10.1 Å². The lowest BCUT2D eigenvalue weighted by molar-refractivity contribution is -0.0746. The molecule has 5 N–H and O–H groups in total. The Morgan fingerprint density at radius 3 is 2.95 bits per heavy atom. The largest absolute Gasteiger partial charge is 0.392 e. The normalized spacial score (nSPS) is 34.6. The van der Waals surface area contributed by atoms with E-state index >= 15 is 0 Å². The van der Waals surface area contributed by atoms with Gasteiger partial charge < -0.3 is 25.8 Å². The fraction of sp³-hybridized carbons (Fsp3) is 0.417. The number of nitrogens with two attached hydrogens (primary N) is 1. The molecule has 21 heavy (non-hydrogen) atoms. The van der Waals surface area contributed by atoms with Crippen LogP contribution in [0.4, 0.5) is 5.82 Å². The molecule has 1 saturated heterocycles. The van der Waals surface area contributed by atoms with Gasteiger partial charge in [0.25, 0.3) is 0 Å². The highest BCUT2D eigenvalue weighted by Gasteiger charge is 2.55. The van der Waals surface area contributed by atoms with Crippen molar-refractivity contribution in [3.63, 3.8) is 0 Å². The summed E-state index contributed by atoms with van der Waals surface area (Å²) in [6, 6.07) is 4.71. The van der Waals surface area contributed by atoms with Crippen LogP contribution < -0.4 is 5.73 Å². The van der Waals surface area contributed by atoms with Crippen molar-refractivity contribution < 1.29 is 21.4 Å². The molecule has 1 aliphatic heterocycles. The number of aliphatic hydroxyl groups is 3. The lowest BCUT2D eigenvalue weighted by Gasteiger charge is -2.21. The molecule has 0 radical (unpaired) electrons. The summed E-state index contributed by atoms with van der Waals surface area (Å²) in [6.45, 7) is -2.04. The Morgan fingerprint density at radius 1 is 1.57 bits per heavy atom. The van der Waals surface area contributed by atoms with Gasteiger partial charge in [0, 0.05) is 0 Å². The van der Waals surface area contributed by atoms with Crippen LogP contribution >= 0.6 is 0 Å². The topological polar surface area (TPSA) is 150 Å². The first kappa shape index (κ1) is 12.5. The van der Waals surface area contributed by atoms with E-state index in [1.54, 1.807) is 18.2 Å². The van der Waals surface area contributed by atoms with Crippen LogP contribution in [0, 0.1) is 11.3 Å². The number of hydrogen-bond donors (Lipinski definition) is 4. The maximum absolute atomic E-state index is 10.2. The van der Waals surface area contributed by atoms with Gasteiger partial charge >= 0.3 is 0 Å². The number of aliphatic hydroxyl groups excluding tert-OH is 3. The van der Waals surface area contributed by atoms with Crippen molar-refractivity contribution in [2.24, 2.45) is 0 Å². The average molecular weight is 292 g/mol. The second-order valence-electron chi connectivity index (χ2n) is 4.71. The third kappa shape index (κ3) is 1.78. The van der Waals surface area contributed by atoms with Gasteiger partial charge in [-0.2, -0.15) is 10.4 Å². The highest BCUT2D eigenvalue weighted by atomic mass is 16.6. The Bertz CT molecular complexity index is 760. The Morgan fingerprint density at radius 2 is 2.33 bits per heavy atom. The minimum Gasteiger partial charge on any atom is -0.392 e. The van der Waals surface area contributed by atoms with Crippen molar-refractivity contribution in [1.82, 2.24) is 14.6 Å². The van der Waals surface area contributed by atoms with E-state index in [9.17, 15) is 15.3 Å². The number of aromatic nitrogens is 3. The van der Waals surface area contributed by atoms with Gasteiger partial charge in [-0.3, -0.25) is 0 Å². The van der Waals surface area contributed by atoms with Crippen LogP contribution in [-0.4, -0.2) is 54.3 Å². The number of ether oxygens (including phenoxy) is 1. The van der Waals surface area contributed by atoms with Gasteiger partial charge in [0.2, 0.25) is 5.60 Å². The monoisotopic (exact) mass is 292 g/mol. The molecule has 1 aliphatic rings. The van der Waals surface area contributed by atoms with Gasteiger partial charge in [-0.05, 0) is 12.1 Å². The second-order valence-corrected chi connectivity index (χ2v) is 4.71. The van der Waals surface area contributed by atoms with Gasteiger partial charge in [0.1, 0.15) is 36.2 Å². The van der Waals surface area contributed by atoms with Gasteiger partial charge in [-0.15, -0.1) is 0 Å². The van der Waals surface area contributed by atoms with Gasteiger partial charge in [-0.25, -0.2) is 9.50 Å². The number of nitriles is 1. The van der Waals surface area contributed by atoms with Crippen molar-refractivity contribution in [3.8, 4) is 6.07 Å². The summed E-state index contributed by atoms with van der Waals surface area (Å²) in [5.74, 6) is 0.210. The quantitative estimate of drug-likeness (QED) is 0.514. The molecule has 9 heteroatoms. The zero-order chi connectivity index (χ0) is 16.1. The molecule has 3 rings (SSSR count). The summed E-state index contributed by atoms with van der Waals surface area (Å²) in [4.78, 5) is 3.83. The van der Waals surface area contributed by atoms with Gasteiger partial charge in [0.05, 0.1) is 13.6 Å². The molecule has 110 valence electrons. The molecule has 0 saturated carbocycles. The van der Waals surface area contributed by atoms with E-state index in [0.717, 1.165) is 0 Å². The van der Waals surface area contributed by atoms with E-state index in [4.69, 9.17) is 17.1 Å². The SMILES string of the molecule is [2H]C(O)[C@@]1(C#N)O[C@@H](c2ccc3c(N)ncnn23)[C@H](O)[C@@H]1O. The number of rotatable bonds is 2. The molecule has 0 amide bonds. The minimum absolute atomic E-state index is 0.210. The lowest BCUT2D eigenvalue weighted by Crippen LogP contribution is -2.44. The smallest absolute Gasteiger partial charge is 0.206 e. The fourth-order valence-corrected chi connectivity index (χ4v) is 2.42. The van der Waals surface area contributed by atoms with Gasteiger partial charge in [0.15, 0.2) is 5.82 Å². The predicted octanol–water partition coefficient (Wildman–Crippen LogP) is -1.64. The van der Waals surface area contributed by atoms with E-state index < -0.39 is 30.5 Å². The number of anilines is 1. The fourth-order valence-electron chi connectivity index (χ4n) is 2.42. The Labute approximate surface area is 120 Å². The van der Waals surface area contributed by atoms with Crippen molar-refractivity contribution in [2.45, 2.75) is 23.9 Å². The maximum atomic E-state index is 10.2. The lowest BCUT2D eigenvalue weighted by atomic mass is 9.96. The summed E-state index contributed by atoms with van der Waals surface area (Å²) in [5, 5.41) is 42.8. The van der Waals surface area contributed by atoms with E-state index in [1.807, 2.05) is 0 Å². The Balaban J connectivity index is 2.09. The Hall–Kier alpha value is -2.25. The summed E-state index contributed by atoms with van der Waals surface area (Å²) in [7, 11) is 0.